The van der Waals surface area contributed by atoms with E-state index in [-0.39, 0.29) is 0 Å². The van der Waals surface area contributed by atoms with E-state index >= 15 is 0 Å². The molecular weight excluding hydrogens is 174 g/mol. The monoisotopic (exact) mass is 187 g/mol. The summed E-state index contributed by atoms with van der Waals surface area (Å²) >= 11 is 0. The Morgan fingerprint density at radius 1 is 1.36 bits per heavy atom. The maximum absolute atomic E-state index is 5.84. The summed E-state index contributed by atoms with van der Waals surface area (Å²) in [6.45, 7) is 2.00. The van der Waals surface area contributed by atoms with Crippen LogP contribution in [0.25, 0.3) is 11.4 Å². The van der Waals surface area contributed by atoms with Gasteiger partial charge in [-0.15, -0.1) is 0 Å². The molecule has 0 saturated heterocycles. The Hall–Kier alpha value is -1.77. The molecule has 0 aliphatic carbocycles. The van der Waals surface area contributed by atoms with Crippen molar-refractivity contribution in [1.82, 2.24) is 9.55 Å². The summed E-state index contributed by atoms with van der Waals surface area (Å²) in [7, 11) is 1.97. The molecular formula is C11H13N3. The molecule has 3 nitrogen and oxygen atoms in total. The van der Waals surface area contributed by atoms with Crippen molar-refractivity contribution < 1.29 is 0 Å². The van der Waals surface area contributed by atoms with Crippen molar-refractivity contribution in [3.63, 3.8) is 0 Å². The highest BCUT2D eigenvalue weighted by atomic mass is 15.0. The van der Waals surface area contributed by atoms with Crippen molar-refractivity contribution in [2.45, 2.75) is 6.92 Å². The third-order valence-electron chi connectivity index (χ3n) is 2.36. The molecule has 0 spiro atoms. The van der Waals surface area contributed by atoms with E-state index in [1.54, 1.807) is 6.20 Å². The second-order valence-corrected chi connectivity index (χ2v) is 3.43. The maximum Gasteiger partial charge on any atom is 0.139 e. The van der Waals surface area contributed by atoms with Crippen LogP contribution < -0.4 is 5.73 Å². The maximum atomic E-state index is 5.84. The van der Waals surface area contributed by atoms with Crippen LogP contribution in [0.5, 0.6) is 0 Å². The fraction of sp³-hybridized carbons (Fsp3) is 0.182. The van der Waals surface area contributed by atoms with Gasteiger partial charge in [-0.05, 0) is 18.6 Å². The Bertz CT molecular complexity index is 457. The number of hydrogen-bond acceptors (Lipinski definition) is 2. The summed E-state index contributed by atoms with van der Waals surface area (Å²) in [5.74, 6) is 0.941. The molecule has 3 heteroatoms. The zero-order chi connectivity index (χ0) is 10.1. The van der Waals surface area contributed by atoms with Crippen molar-refractivity contribution in [3.05, 3.63) is 36.2 Å². The molecule has 1 aromatic carbocycles. The number of aryl methyl sites for hydroxylation is 2. The fourth-order valence-corrected chi connectivity index (χ4v) is 1.42. The van der Waals surface area contributed by atoms with E-state index in [1.807, 2.05) is 42.9 Å². The minimum absolute atomic E-state index is 0.811. The van der Waals surface area contributed by atoms with Crippen LogP contribution in [0.15, 0.2) is 30.6 Å². The molecule has 0 fully saturated rings. The number of nitrogens with zero attached hydrogens (tertiary/aromatic N) is 2. The Morgan fingerprint density at radius 3 is 2.71 bits per heavy atom. The number of anilines is 1. The lowest BCUT2D eigenvalue weighted by molar-refractivity contribution is 0.925. The smallest absolute Gasteiger partial charge is 0.139 e. The van der Waals surface area contributed by atoms with Gasteiger partial charge in [-0.25, -0.2) is 4.98 Å². The van der Waals surface area contributed by atoms with Crippen LogP contribution in [0.2, 0.25) is 0 Å². The van der Waals surface area contributed by atoms with Crippen LogP contribution >= 0.6 is 0 Å². The van der Waals surface area contributed by atoms with Crippen LogP contribution in [-0.4, -0.2) is 9.55 Å². The van der Waals surface area contributed by atoms with Gasteiger partial charge in [-0.3, -0.25) is 0 Å². The zero-order valence-electron chi connectivity index (χ0n) is 8.36. The standard InChI is InChI=1S/C11H13N3/c1-8-3-4-9(7-10(8)12)11-13-5-6-14(11)2/h3-7H,12H2,1-2H3. The second kappa shape index (κ2) is 3.18. The molecule has 0 unspecified atom stereocenters. The van der Waals surface area contributed by atoms with Gasteiger partial charge < -0.3 is 10.3 Å². The third-order valence-corrected chi connectivity index (χ3v) is 2.36. The number of imidazole rings is 1. The molecule has 2 rings (SSSR count). The average molecular weight is 187 g/mol. The van der Waals surface area contributed by atoms with Gasteiger partial charge >= 0.3 is 0 Å². The highest BCUT2D eigenvalue weighted by molar-refractivity contribution is 5.63. The normalized spacial score (nSPS) is 10.4. The molecule has 0 bridgehead atoms. The molecule has 1 aromatic heterocycles. The second-order valence-electron chi connectivity index (χ2n) is 3.43. The molecule has 0 atom stereocenters. The largest absolute Gasteiger partial charge is 0.398 e. The van der Waals surface area contributed by atoms with Gasteiger partial charge in [-0.1, -0.05) is 12.1 Å². The van der Waals surface area contributed by atoms with Gasteiger partial charge in [0, 0.05) is 30.7 Å². The Kier molecular flexibility index (Phi) is 2.00. The zero-order valence-corrected chi connectivity index (χ0v) is 8.36. The molecule has 14 heavy (non-hydrogen) atoms. The van der Waals surface area contributed by atoms with Crippen LogP contribution in [0.3, 0.4) is 0 Å². The number of aromatic nitrogens is 2. The third kappa shape index (κ3) is 1.37. The first-order valence-corrected chi connectivity index (χ1v) is 4.52. The van der Waals surface area contributed by atoms with Gasteiger partial charge in [-0.2, -0.15) is 0 Å². The summed E-state index contributed by atoms with van der Waals surface area (Å²) in [6, 6.07) is 6.01. The van der Waals surface area contributed by atoms with Gasteiger partial charge in [0.15, 0.2) is 0 Å². The predicted octanol–water partition coefficient (Wildman–Crippen LogP) is 1.98. The summed E-state index contributed by atoms with van der Waals surface area (Å²) in [5, 5.41) is 0. The Labute approximate surface area is 83.2 Å². The number of hydrogen-bond donors (Lipinski definition) is 1. The van der Waals surface area contributed by atoms with Crippen LogP contribution in [0, 0.1) is 6.92 Å². The van der Waals surface area contributed by atoms with E-state index in [4.69, 9.17) is 5.73 Å². The van der Waals surface area contributed by atoms with Crippen molar-refractivity contribution in [2.75, 3.05) is 5.73 Å². The minimum atomic E-state index is 0.811. The minimum Gasteiger partial charge on any atom is -0.398 e. The highest BCUT2D eigenvalue weighted by Crippen LogP contribution is 2.21. The molecule has 0 aliphatic rings. The van der Waals surface area contributed by atoms with E-state index in [2.05, 4.69) is 4.98 Å². The van der Waals surface area contributed by atoms with Gasteiger partial charge in [0.1, 0.15) is 5.82 Å². The molecule has 0 amide bonds. The van der Waals surface area contributed by atoms with Crippen molar-refractivity contribution in [2.24, 2.45) is 7.05 Å². The lowest BCUT2D eigenvalue weighted by atomic mass is 10.1. The van der Waals surface area contributed by atoms with Crippen molar-refractivity contribution >= 4 is 5.69 Å². The molecule has 2 N–H and O–H groups in total. The number of nitrogen functional groups attached to an aromatic ring is 1. The molecule has 1 heterocycles. The molecule has 0 saturated carbocycles. The quantitative estimate of drug-likeness (QED) is 0.694. The summed E-state index contributed by atoms with van der Waals surface area (Å²) in [4.78, 5) is 4.26. The Balaban J connectivity index is 2.53. The van der Waals surface area contributed by atoms with E-state index in [9.17, 15) is 0 Å². The lowest BCUT2D eigenvalue weighted by Gasteiger charge is -2.04. The summed E-state index contributed by atoms with van der Waals surface area (Å²) in [6.07, 6.45) is 3.71. The molecule has 0 aliphatic heterocycles. The summed E-state index contributed by atoms with van der Waals surface area (Å²) in [5.41, 5.74) is 8.81. The fourth-order valence-electron chi connectivity index (χ4n) is 1.42. The van der Waals surface area contributed by atoms with Crippen LogP contribution in [-0.2, 0) is 7.05 Å². The first kappa shape index (κ1) is 8.81. The first-order chi connectivity index (χ1) is 6.68. The Morgan fingerprint density at radius 2 is 2.14 bits per heavy atom. The van der Waals surface area contributed by atoms with E-state index < -0.39 is 0 Å². The number of benzene rings is 1. The molecule has 0 radical (unpaired) electrons. The molecule has 2 aromatic rings. The lowest BCUT2D eigenvalue weighted by Crippen LogP contribution is -1.94. The highest BCUT2D eigenvalue weighted by Gasteiger charge is 2.03. The predicted molar refractivity (Wildman–Crippen MR) is 57.8 cm³/mol. The SMILES string of the molecule is Cc1ccc(-c2nccn2C)cc1N. The average Bonchev–Trinajstić information content (AvgIpc) is 2.57. The summed E-state index contributed by atoms with van der Waals surface area (Å²) < 4.78 is 1.98. The van der Waals surface area contributed by atoms with E-state index in [0.29, 0.717) is 0 Å². The van der Waals surface area contributed by atoms with E-state index in [1.165, 1.54) is 0 Å². The van der Waals surface area contributed by atoms with E-state index in [0.717, 1.165) is 22.6 Å². The van der Waals surface area contributed by atoms with Gasteiger partial charge in [0.2, 0.25) is 0 Å². The van der Waals surface area contributed by atoms with Crippen molar-refractivity contribution in [3.8, 4) is 11.4 Å². The van der Waals surface area contributed by atoms with Crippen LogP contribution in [0.1, 0.15) is 5.56 Å². The number of rotatable bonds is 1. The van der Waals surface area contributed by atoms with Crippen LogP contribution in [0.4, 0.5) is 5.69 Å². The van der Waals surface area contributed by atoms with Crippen molar-refractivity contribution in [1.29, 1.82) is 0 Å². The topological polar surface area (TPSA) is 43.8 Å². The number of nitrogens with two attached hydrogens (primary N) is 1. The first-order valence-electron chi connectivity index (χ1n) is 4.52. The van der Waals surface area contributed by atoms with Gasteiger partial charge in [0.25, 0.3) is 0 Å². The van der Waals surface area contributed by atoms with Gasteiger partial charge in [0.05, 0.1) is 0 Å². The molecule has 72 valence electrons.